The van der Waals surface area contributed by atoms with Crippen molar-refractivity contribution in [3.63, 3.8) is 0 Å². The molecule has 0 bridgehead atoms. The summed E-state index contributed by atoms with van der Waals surface area (Å²) in [6.07, 6.45) is -5.63. The van der Waals surface area contributed by atoms with E-state index in [1.807, 2.05) is 0 Å². The Balaban J connectivity index is 2.34. The summed E-state index contributed by atoms with van der Waals surface area (Å²) in [5.74, 6) is -2.43. The van der Waals surface area contributed by atoms with Crippen LogP contribution in [0.1, 0.15) is 40.5 Å². The minimum atomic E-state index is -1.30. The fraction of sp³-hybridized carbons (Fsp3) is 0.778. The molecule has 2 rings (SSSR count). The minimum Gasteiger partial charge on any atom is -0.463 e. The van der Waals surface area contributed by atoms with E-state index in [-0.39, 0.29) is 18.4 Å². The molecular formula is C18H27NO10. The van der Waals surface area contributed by atoms with Crippen molar-refractivity contribution < 1.29 is 48.0 Å². The zero-order valence-electron chi connectivity index (χ0n) is 16.8. The van der Waals surface area contributed by atoms with Gasteiger partial charge in [0.05, 0.1) is 0 Å². The second-order valence-electron chi connectivity index (χ2n) is 7.03. The first kappa shape index (κ1) is 23.0. The minimum absolute atomic E-state index is 0.156. The normalized spacial score (nSPS) is 30.0. The van der Waals surface area contributed by atoms with Crippen LogP contribution < -0.4 is 5.32 Å². The van der Waals surface area contributed by atoms with E-state index < -0.39 is 54.8 Å². The molecule has 0 aromatic heterocycles. The van der Waals surface area contributed by atoms with Gasteiger partial charge in [-0.05, 0) is 19.8 Å². The third kappa shape index (κ3) is 6.94. The van der Waals surface area contributed by atoms with Gasteiger partial charge in [-0.3, -0.25) is 19.2 Å². The van der Waals surface area contributed by atoms with Crippen molar-refractivity contribution in [3.05, 3.63) is 0 Å². The molecule has 164 valence electrons. The van der Waals surface area contributed by atoms with Crippen molar-refractivity contribution in [1.29, 1.82) is 0 Å². The molecule has 11 nitrogen and oxygen atoms in total. The van der Waals surface area contributed by atoms with Gasteiger partial charge in [0, 0.05) is 26.7 Å². The van der Waals surface area contributed by atoms with E-state index in [0.717, 1.165) is 26.7 Å². The van der Waals surface area contributed by atoms with Gasteiger partial charge in [-0.15, -0.1) is 0 Å². The number of rotatable bonds is 8. The number of carbonyl (C=O) groups is 4. The number of amides is 1. The first-order chi connectivity index (χ1) is 13.6. The molecule has 2 aliphatic rings. The molecule has 1 heterocycles. The van der Waals surface area contributed by atoms with E-state index >= 15 is 0 Å². The Kier molecular flexibility index (Phi) is 7.94. The predicted octanol–water partition coefficient (Wildman–Crippen LogP) is -0.612. The van der Waals surface area contributed by atoms with E-state index in [1.165, 1.54) is 13.8 Å². The molecule has 1 aliphatic heterocycles. The van der Waals surface area contributed by atoms with Gasteiger partial charge in [0.2, 0.25) is 5.91 Å². The van der Waals surface area contributed by atoms with Crippen molar-refractivity contribution in [1.82, 2.24) is 5.32 Å². The number of aliphatic hydroxyl groups is 1. The lowest BCUT2D eigenvalue weighted by Crippen LogP contribution is -2.66. The topological polar surface area (TPSA) is 147 Å². The van der Waals surface area contributed by atoms with Crippen LogP contribution in [0.15, 0.2) is 0 Å². The molecule has 1 amide bonds. The summed E-state index contributed by atoms with van der Waals surface area (Å²) in [7, 11) is 0. The molecule has 4 unspecified atom stereocenters. The molecule has 0 radical (unpaired) electrons. The van der Waals surface area contributed by atoms with Gasteiger partial charge in [-0.1, -0.05) is 0 Å². The summed E-state index contributed by atoms with van der Waals surface area (Å²) in [5.41, 5.74) is 0. The summed E-state index contributed by atoms with van der Waals surface area (Å²) >= 11 is 0. The van der Waals surface area contributed by atoms with Crippen LogP contribution in [0.3, 0.4) is 0 Å². The standard InChI is InChI=1S/C18H27NO10/c1-8(20)25-7-13-14(26-9(2)21)15(27-10(3)22)16(28-11(4)23)18(29-13)19-17(24)12-5-6-12/h11-16,18,23H,5-7H2,1-4H3,(H,19,24)/t11?,13?,14-,15?,16?,18+/m1/s1. The van der Waals surface area contributed by atoms with Crippen LogP contribution in [0.4, 0.5) is 0 Å². The number of carbonyl (C=O) groups excluding carboxylic acids is 4. The smallest absolute Gasteiger partial charge is 0.303 e. The highest BCUT2D eigenvalue weighted by Crippen LogP contribution is 2.32. The lowest BCUT2D eigenvalue weighted by Gasteiger charge is -2.45. The largest absolute Gasteiger partial charge is 0.463 e. The maximum Gasteiger partial charge on any atom is 0.303 e. The summed E-state index contributed by atoms with van der Waals surface area (Å²) in [6, 6.07) is 0. The molecule has 0 spiro atoms. The maximum atomic E-state index is 12.3. The highest BCUT2D eigenvalue weighted by Gasteiger charge is 2.52. The molecule has 1 saturated heterocycles. The SMILES string of the molecule is CC(=O)OCC1O[C@H](NC(=O)C2CC2)C(OC(C)O)C(OC(C)=O)[C@@H]1OC(C)=O. The molecule has 6 atom stereocenters. The average molecular weight is 417 g/mol. The zero-order chi connectivity index (χ0) is 21.7. The average Bonchev–Trinajstić information content (AvgIpc) is 3.42. The second-order valence-corrected chi connectivity index (χ2v) is 7.03. The molecule has 0 aromatic carbocycles. The van der Waals surface area contributed by atoms with Gasteiger partial charge in [0.25, 0.3) is 0 Å². The van der Waals surface area contributed by atoms with Crippen molar-refractivity contribution in [2.45, 2.75) is 77.5 Å². The van der Waals surface area contributed by atoms with Crippen LogP contribution in [-0.4, -0.2) is 72.5 Å². The first-order valence-electron chi connectivity index (χ1n) is 9.35. The van der Waals surface area contributed by atoms with Crippen LogP contribution in [-0.2, 0) is 42.9 Å². The zero-order valence-corrected chi connectivity index (χ0v) is 16.8. The van der Waals surface area contributed by atoms with E-state index in [1.54, 1.807) is 0 Å². The van der Waals surface area contributed by atoms with Crippen molar-refractivity contribution in [3.8, 4) is 0 Å². The maximum absolute atomic E-state index is 12.3. The van der Waals surface area contributed by atoms with Crippen molar-refractivity contribution in [2.75, 3.05) is 6.61 Å². The monoisotopic (exact) mass is 417 g/mol. The number of ether oxygens (including phenoxy) is 5. The molecule has 11 heteroatoms. The number of nitrogens with one attached hydrogen (secondary N) is 1. The Morgan fingerprint density at radius 2 is 1.59 bits per heavy atom. The van der Waals surface area contributed by atoms with Gasteiger partial charge in [-0.2, -0.15) is 0 Å². The van der Waals surface area contributed by atoms with Crippen LogP contribution >= 0.6 is 0 Å². The molecular weight excluding hydrogens is 390 g/mol. The van der Waals surface area contributed by atoms with Crippen LogP contribution in [0.25, 0.3) is 0 Å². The Morgan fingerprint density at radius 3 is 2.07 bits per heavy atom. The molecule has 2 fully saturated rings. The molecule has 1 saturated carbocycles. The van der Waals surface area contributed by atoms with E-state index in [0.29, 0.717) is 0 Å². The third-order valence-electron chi connectivity index (χ3n) is 4.28. The summed E-state index contributed by atoms with van der Waals surface area (Å²) in [5, 5.41) is 12.4. The highest BCUT2D eigenvalue weighted by atomic mass is 16.7. The van der Waals surface area contributed by atoms with Crippen LogP contribution in [0.5, 0.6) is 0 Å². The van der Waals surface area contributed by atoms with Gasteiger partial charge in [-0.25, -0.2) is 0 Å². The predicted molar refractivity (Wildman–Crippen MR) is 93.8 cm³/mol. The third-order valence-corrected chi connectivity index (χ3v) is 4.28. The van der Waals surface area contributed by atoms with E-state index in [2.05, 4.69) is 5.32 Å². The summed E-state index contributed by atoms with van der Waals surface area (Å²) in [4.78, 5) is 46.8. The first-order valence-corrected chi connectivity index (χ1v) is 9.35. The van der Waals surface area contributed by atoms with Crippen LogP contribution in [0.2, 0.25) is 0 Å². The summed E-state index contributed by atoms with van der Waals surface area (Å²) < 4.78 is 26.8. The lowest BCUT2D eigenvalue weighted by molar-refractivity contribution is -0.282. The molecule has 2 N–H and O–H groups in total. The summed E-state index contributed by atoms with van der Waals surface area (Å²) in [6.45, 7) is 4.51. The van der Waals surface area contributed by atoms with E-state index in [4.69, 9.17) is 23.7 Å². The van der Waals surface area contributed by atoms with Gasteiger partial charge in [0.15, 0.2) is 24.7 Å². The molecule has 1 aliphatic carbocycles. The lowest BCUT2D eigenvalue weighted by atomic mass is 9.97. The van der Waals surface area contributed by atoms with Gasteiger partial charge in [0.1, 0.15) is 18.8 Å². The fourth-order valence-corrected chi connectivity index (χ4v) is 3.00. The number of hydrogen-bond donors (Lipinski definition) is 2. The van der Waals surface area contributed by atoms with Crippen molar-refractivity contribution >= 4 is 23.8 Å². The van der Waals surface area contributed by atoms with Gasteiger partial charge < -0.3 is 34.1 Å². The second kappa shape index (κ2) is 9.99. The Morgan fingerprint density at radius 1 is 1.00 bits per heavy atom. The Labute approximate surface area is 167 Å². The quantitative estimate of drug-likeness (QED) is 0.298. The Bertz CT molecular complexity index is 632. The molecule has 0 aromatic rings. The molecule has 29 heavy (non-hydrogen) atoms. The van der Waals surface area contributed by atoms with E-state index in [9.17, 15) is 24.3 Å². The van der Waals surface area contributed by atoms with Gasteiger partial charge >= 0.3 is 17.9 Å². The number of aliphatic hydroxyl groups excluding tert-OH is 1. The van der Waals surface area contributed by atoms with Crippen LogP contribution in [0, 0.1) is 5.92 Å². The highest BCUT2D eigenvalue weighted by molar-refractivity contribution is 5.81. The number of esters is 3. The Hall–Kier alpha value is -2.24. The number of hydrogen-bond acceptors (Lipinski definition) is 10. The fourth-order valence-electron chi connectivity index (χ4n) is 3.00. The van der Waals surface area contributed by atoms with Crippen molar-refractivity contribution in [2.24, 2.45) is 5.92 Å².